The van der Waals surface area contributed by atoms with Crippen LogP contribution < -0.4 is 14.8 Å². The molecular formula is C26H23BrN2O5. The highest BCUT2D eigenvalue weighted by molar-refractivity contribution is 9.10. The largest absolute Gasteiger partial charge is 0.492 e. The van der Waals surface area contributed by atoms with Crippen LogP contribution in [-0.2, 0) is 16.1 Å². The van der Waals surface area contributed by atoms with E-state index in [2.05, 4.69) is 21.2 Å². The molecule has 0 atom stereocenters. The van der Waals surface area contributed by atoms with Gasteiger partial charge in [-0.25, -0.2) is 0 Å². The van der Waals surface area contributed by atoms with Crippen molar-refractivity contribution in [3.05, 3.63) is 87.8 Å². The number of hydrogen-bond donors (Lipinski definition) is 1. The number of furan rings is 1. The minimum atomic E-state index is -0.505. The van der Waals surface area contributed by atoms with E-state index >= 15 is 0 Å². The van der Waals surface area contributed by atoms with Gasteiger partial charge in [0, 0.05) is 6.42 Å². The highest BCUT2D eigenvalue weighted by Gasteiger charge is 2.10. The Morgan fingerprint density at radius 1 is 1.18 bits per heavy atom. The summed E-state index contributed by atoms with van der Waals surface area (Å²) in [6.45, 7) is 2.57. The molecule has 0 aliphatic heterocycles. The maximum Gasteiger partial charge on any atom is 0.311 e. The molecule has 0 aliphatic rings. The molecule has 1 amide bonds. The number of halogens is 1. The average molecular weight is 523 g/mol. The number of ether oxygens (including phenoxy) is 2. The summed E-state index contributed by atoms with van der Waals surface area (Å²) in [4.78, 5) is 24.3. The molecule has 1 aromatic heterocycles. The number of benzene rings is 2. The van der Waals surface area contributed by atoms with Crippen molar-refractivity contribution in [2.75, 3.05) is 6.61 Å². The summed E-state index contributed by atoms with van der Waals surface area (Å²) >= 11 is 3.46. The Morgan fingerprint density at radius 3 is 2.65 bits per heavy atom. The van der Waals surface area contributed by atoms with Gasteiger partial charge in [-0.2, -0.15) is 5.26 Å². The van der Waals surface area contributed by atoms with Crippen LogP contribution in [-0.4, -0.2) is 18.5 Å². The molecule has 0 saturated heterocycles. The van der Waals surface area contributed by atoms with Gasteiger partial charge in [0.1, 0.15) is 28.9 Å². The van der Waals surface area contributed by atoms with Gasteiger partial charge in [0.25, 0.3) is 5.91 Å². The van der Waals surface area contributed by atoms with Crippen molar-refractivity contribution in [2.24, 2.45) is 0 Å². The monoisotopic (exact) mass is 522 g/mol. The zero-order chi connectivity index (χ0) is 24.3. The molecule has 0 aliphatic carbocycles. The minimum Gasteiger partial charge on any atom is -0.492 e. The minimum absolute atomic E-state index is 0.0449. The smallest absolute Gasteiger partial charge is 0.311 e. The van der Waals surface area contributed by atoms with Crippen LogP contribution in [0.15, 0.2) is 75.3 Å². The number of esters is 1. The molecule has 8 heteroatoms. The predicted molar refractivity (Wildman–Crippen MR) is 130 cm³/mol. The second kappa shape index (κ2) is 12.4. The quantitative estimate of drug-likeness (QED) is 0.127. The lowest BCUT2D eigenvalue weighted by molar-refractivity contribution is -0.134. The summed E-state index contributed by atoms with van der Waals surface area (Å²) in [5.74, 6) is 0.824. The van der Waals surface area contributed by atoms with E-state index in [0.717, 1.165) is 15.8 Å². The van der Waals surface area contributed by atoms with Gasteiger partial charge >= 0.3 is 5.97 Å². The summed E-state index contributed by atoms with van der Waals surface area (Å²) < 4.78 is 17.1. The fourth-order valence-corrected chi connectivity index (χ4v) is 3.53. The molecule has 174 valence electrons. The van der Waals surface area contributed by atoms with Crippen LogP contribution >= 0.6 is 15.9 Å². The van der Waals surface area contributed by atoms with Crippen LogP contribution in [0.4, 0.5) is 0 Å². The van der Waals surface area contributed by atoms with Crippen LogP contribution in [0.5, 0.6) is 11.5 Å². The van der Waals surface area contributed by atoms with Crippen molar-refractivity contribution >= 4 is 33.9 Å². The van der Waals surface area contributed by atoms with Crippen molar-refractivity contribution in [3.63, 3.8) is 0 Å². The maximum atomic E-state index is 12.2. The molecule has 0 radical (unpaired) electrons. The number of carbonyl (C=O) groups excluding carboxylic acids is 2. The standard InChI is InChI=1S/C26H23BrN2O5/c1-18-6-11-24(23(27)14-18)33-13-3-5-25(30)34-21-9-7-19(8-10-21)15-20(16-28)26(31)29-17-22-4-2-12-32-22/h2,4,6-12,14-15H,3,5,13,17H2,1H3,(H,29,31)/b20-15+. The van der Waals surface area contributed by atoms with Gasteiger partial charge in [-0.15, -0.1) is 0 Å². The molecule has 3 rings (SSSR count). The second-order valence-corrected chi connectivity index (χ2v) is 8.22. The van der Waals surface area contributed by atoms with E-state index in [-0.39, 0.29) is 24.5 Å². The lowest BCUT2D eigenvalue weighted by Gasteiger charge is -2.09. The number of nitrogens with zero attached hydrogens (tertiary/aromatic N) is 1. The summed E-state index contributed by atoms with van der Waals surface area (Å²) in [5, 5.41) is 11.9. The van der Waals surface area contributed by atoms with E-state index in [1.54, 1.807) is 36.4 Å². The lowest BCUT2D eigenvalue weighted by Crippen LogP contribution is -2.23. The first-order valence-corrected chi connectivity index (χ1v) is 11.4. The van der Waals surface area contributed by atoms with E-state index in [9.17, 15) is 14.9 Å². The first-order valence-electron chi connectivity index (χ1n) is 10.6. The molecule has 34 heavy (non-hydrogen) atoms. The number of hydrogen-bond acceptors (Lipinski definition) is 6. The molecule has 7 nitrogen and oxygen atoms in total. The molecule has 0 unspecified atom stereocenters. The maximum absolute atomic E-state index is 12.2. The molecular weight excluding hydrogens is 500 g/mol. The molecule has 0 bridgehead atoms. The number of carbonyl (C=O) groups is 2. The molecule has 1 heterocycles. The highest BCUT2D eigenvalue weighted by Crippen LogP contribution is 2.26. The van der Waals surface area contributed by atoms with E-state index < -0.39 is 5.91 Å². The SMILES string of the molecule is Cc1ccc(OCCCC(=O)Oc2ccc(/C=C(\C#N)C(=O)NCc3ccco3)cc2)c(Br)c1. The zero-order valence-electron chi connectivity index (χ0n) is 18.5. The van der Waals surface area contributed by atoms with Gasteiger partial charge in [0.2, 0.25) is 0 Å². The number of amides is 1. The van der Waals surface area contributed by atoms with Crippen molar-refractivity contribution in [3.8, 4) is 17.6 Å². The normalized spacial score (nSPS) is 10.9. The Morgan fingerprint density at radius 2 is 1.97 bits per heavy atom. The van der Waals surface area contributed by atoms with Crippen molar-refractivity contribution in [1.82, 2.24) is 5.32 Å². The fraction of sp³-hybridized carbons (Fsp3) is 0.192. The molecule has 3 aromatic rings. The number of aryl methyl sites for hydroxylation is 1. The third kappa shape index (κ3) is 7.64. The van der Waals surface area contributed by atoms with Crippen LogP contribution in [0.3, 0.4) is 0 Å². The third-order valence-electron chi connectivity index (χ3n) is 4.66. The lowest BCUT2D eigenvalue weighted by atomic mass is 10.1. The molecule has 0 spiro atoms. The molecule has 0 saturated carbocycles. The van der Waals surface area contributed by atoms with E-state index in [0.29, 0.717) is 30.1 Å². The second-order valence-electron chi connectivity index (χ2n) is 7.36. The third-order valence-corrected chi connectivity index (χ3v) is 5.28. The highest BCUT2D eigenvalue weighted by atomic mass is 79.9. The molecule has 2 aromatic carbocycles. The van der Waals surface area contributed by atoms with Crippen molar-refractivity contribution in [2.45, 2.75) is 26.3 Å². The predicted octanol–water partition coefficient (Wildman–Crippen LogP) is 5.34. The van der Waals surface area contributed by atoms with Gasteiger partial charge in [0.05, 0.1) is 23.9 Å². The van der Waals surface area contributed by atoms with Crippen molar-refractivity contribution in [1.29, 1.82) is 5.26 Å². The first kappa shape index (κ1) is 24.8. The summed E-state index contributed by atoms with van der Waals surface area (Å²) in [7, 11) is 0. The van der Waals surface area contributed by atoms with Crippen molar-refractivity contribution < 1.29 is 23.5 Å². The van der Waals surface area contributed by atoms with Gasteiger partial charge in [-0.05, 0) is 82.9 Å². The van der Waals surface area contributed by atoms with Gasteiger partial charge < -0.3 is 19.2 Å². The number of nitriles is 1. The zero-order valence-corrected chi connectivity index (χ0v) is 20.1. The van der Waals surface area contributed by atoms with Crippen LogP contribution in [0.25, 0.3) is 6.08 Å². The van der Waals surface area contributed by atoms with E-state index in [1.807, 2.05) is 31.2 Å². The summed E-state index contributed by atoms with van der Waals surface area (Å²) in [6.07, 6.45) is 3.69. The topological polar surface area (TPSA) is 102 Å². The van der Waals surface area contributed by atoms with Gasteiger partial charge in [-0.3, -0.25) is 9.59 Å². The first-order chi connectivity index (χ1) is 16.4. The van der Waals surface area contributed by atoms with E-state index in [1.165, 1.54) is 12.3 Å². The van der Waals surface area contributed by atoms with E-state index in [4.69, 9.17) is 13.9 Å². The summed E-state index contributed by atoms with van der Waals surface area (Å²) in [5.41, 5.74) is 1.71. The Kier molecular flexibility index (Phi) is 9.06. The Labute approximate surface area is 206 Å². The van der Waals surface area contributed by atoms with Crippen LogP contribution in [0.2, 0.25) is 0 Å². The Hall–Kier alpha value is -3.83. The Balaban J connectivity index is 1.45. The Bertz CT molecular complexity index is 1190. The van der Waals surface area contributed by atoms with Gasteiger partial charge in [0.15, 0.2) is 0 Å². The molecule has 0 fully saturated rings. The number of nitrogens with one attached hydrogen (secondary N) is 1. The summed E-state index contributed by atoms with van der Waals surface area (Å²) in [6, 6.07) is 17.7. The van der Waals surface area contributed by atoms with Crippen LogP contribution in [0, 0.1) is 18.3 Å². The number of rotatable bonds is 10. The molecule has 1 N–H and O–H groups in total. The fourth-order valence-electron chi connectivity index (χ4n) is 2.93. The average Bonchev–Trinajstić information content (AvgIpc) is 3.34. The van der Waals surface area contributed by atoms with Crippen LogP contribution in [0.1, 0.15) is 29.7 Å². The van der Waals surface area contributed by atoms with Gasteiger partial charge in [-0.1, -0.05) is 18.2 Å².